The highest BCUT2D eigenvalue weighted by Crippen LogP contribution is 2.49. The molecule has 0 aliphatic heterocycles. The summed E-state index contributed by atoms with van der Waals surface area (Å²) in [5.41, 5.74) is 17.9. The third-order valence-electron chi connectivity index (χ3n) is 11.9. The zero-order valence-corrected chi connectivity index (χ0v) is 30.7. The van der Waals surface area contributed by atoms with E-state index in [2.05, 4.69) is 189 Å². The van der Waals surface area contributed by atoms with E-state index in [9.17, 15) is 0 Å². The largest absolute Gasteiger partial charge is 0.314 e. The van der Waals surface area contributed by atoms with E-state index in [1.54, 1.807) is 0 Å². The molecule has 9 rings (SSSR count). The fourth-order valence-electron chi connectivity index (χ4n) is 9.27. The molecule has 2 atom stereocenters. The van der Waals surface area contributed by atoms with Gasteiger partial charge in [0.2, 0.25) is 0 Å². The highest BCUT2D eigenvalue weighted by molar-refractivity contribution is 6.01. The average molecular weight is 675 g/mol. The standard InChI is InChI=1S/C50H46N2/c1-34-17-16-25-42-48(34)35(2)31-45-44-33-43-36(18-14-15-26-46(43)50(3,4)37-19-8-5-9-20-37)32-47(44)52(49(42)45)41-29-27-40(28-30-41)51(38-21-10-6-11-22-38)39-23-12-7-13-24-39/h5-12,14-15,19-23,25-34,48H,13,16-17,24H2,1-4H3/t34-,48-/m1/s1. The van der Waals surface area contributed by atoms with Crippen molar-refractivity contribution >= 4 is 45.2 Å². The van der Waals surface area contributed by atoms with E-state index in [0.717, 1.165) is 24.5 Å². The second-order valence-corrected chi connectivity index (χ2v) is 15.5. The van der Waals surface area contributed by atoms with Gasteiger partial charge >= 0.3 is 0 Å². The van der Waals surface area contributed by atoms with Gasteiger partial charge in [0.1, 0.15) is 0 Å². The second kappa shape index (κ2) is 12.9. The molecule has 4 aromatic carbocycles. The van der Waals surface area contributed by atoms with Gasteiger partial charge in [0, 0.05) is 50.3 Å². The summed E-state index contributed by atoms with van der Waals surface area (Å²) in [5.74, 6) is 1.05. The van der Waals surface area contributed by atoms with Crippen LogP contribution in [-0.2, 0) is 5.41 Å². The number of anilines is 2. The van der Waals surface area contributed by atoms with Gasteiger partial charge in [-0.3, -0.25) is 0 Å². The molecule has 0 N–H and O–H groups in total. The summed E-state index contributed by atoms with van der Waals surface area (Å²) in [7, 11) is 0. The van der Waals surface area contributed by atoms with Crippen LogP contribution in [0, 0.1) is 11.8 Å². The van der Waals surface area contributed by atoms with Gasteiger partial charge < -0.3 is 9.47 Å². The molecule has 4 aliphatic rings. The highest BCUT2D eigenvalue weighted by Gasteiger charge is 2.35. The van der Waals surface area contributed by atoms with Crippen molar-refractivity contribution < 1.29 is 0 Å². The summed E-state index contributed by atoms with van der Waals surface area (Å²) in [5, 5.41) is 3.70. The van der Waals surface area contributed by atoms with Crippen LogP contribution in [0.25, 0.3) is 39.5 Å². The molecule has 0 bridgehead atoms. The molecule has 52 heavy (non-hydrogen) atoms. The second-order valence-electron chi connectivity index (χ2n) is 15.5. The zero-order chi connectivity index (χ0) is 35.4. The molecule has 2 nitrogen and oxygen atoms in total. The lowest BCUT2D eigenvalue weighted by molar-refractivity contribution is 0.441. The maximum absolute atomic E-state index is 3.69. The molecule has 2 heteroatoms. The van der Waals surface area contributed by atoms with Crippen LogP contribution in [0.3, 0.4) is 0 Å². The van der Waals surface area contributed by atoms with Gasteiger partial charge in [-0.1, -0.05) is 111 Å². The summed E-state index contributed by atoms with van der Waals surface area (Å²) in [4.78, 5) is 2.42. The van der Waals surface area contributed by atoms with E-state index in [-0.39, 0.29) is 5.41 Å². The number of para-hydroxylation sites is 1. The van der Waals surface area contributed by atoms with Crippen LogP contribution in [-0.4, -0.2) is 4.57 Å². The molecular weight excluding hydrogens is 629 g/mol. The van der Waals surface area contributed by atoms with Crippen LogP contribution in [0.4, 0.5) is 11.4 Å². The van der Waals surface area contributed by atoms with E-state index < -0.39 is 0 Å². The van der Waals surface area contributed by atoms with Crippen LogP contribution in [0.1, 0.15) is 70.2 Å². The predicted molar refractivity (Wildman–Crippen MR) is 221 cm³/mol. The molecule has 0 fully saturated rings. The van der Waals surface area contributed by atoms with Crippen molar-refractivity contribution in [1.29, 1.82) is 0 Å². The van der Waals surface area contributed by atoms with Crippen LogP contribution in [0.5, 0.6) is 0 Å². The van der Waals surface area contributed by atoms with E-state index in [4.69, 9.17) is 0 Å². The number of nitrogens with zero attached hydrogens (tertiary/aromatic N) is 2. The molecule has 4 aliphatic carbocycles. The van der Waals surface area contributed by atoms with Gasteiger partial charge in [0.15, 0.2) is 0 Å². The Morgan fingerprint density at radius 1 is 0.846 bits per heavy atom. The average Bonchev–Trinajstić information content (AvgIpc) is 3.32. The number of fused-ring (bicyclic) bond motifs is 6. The fraction of sp³-hybridized carbons (Fsp3) is 0.220. The number of rotatable bonds is 6. The molecule has 256 valence electrons. The Hall–Kier alpha value is -5.56. The predicted octanol–water partition coefficient (Wildman–Crippen LogP) is 11.5. The van der Waals surface area contributed by atoms with Gasteiger partial charge in [-0.2, -0.15) is 0 Å². The molecule has 0 amide bonds. The van der Waals surface area contributed by atoms with Gasteiger partial charge in [-0.15, -0.1) is 5.73 Å². The van der Waals surface area contributed by atoms with Gasteiger partial charge in [-0.05, 0) is 121 Å². The third kappa shape index (κ3) is 5.33. The van der Waals surface area contributed by atoms with Crippen LogP contribution >= 0.6 is 0 Å². The molecule has 1 heterocycles. The fourth-order valence-corrected chi connectivity index (χ4v) is 9.27. The Bertz CT molecular complexity index is 2530. The Labute approximate surface area is 308 Å². The Morgan fingerprint density at radius 3 is 2.35 bits per heavy atom. The summed E-state index contributed by atoms with van der Waals surface area (Å²) in [6.07, 6.45) is 22.7. The van der Waals surface area contributed by atoms with Crippen molar-refractivity contribution in [2.24, 2.45) is 11.8 Å². The molecule has 0 saturated carbocycles. The minimum atomic E-state index is -0.190. The number of aromatic nitrogens is 1. The summed E-state index contributed by atoms with van der Waals surface area (Å²) in [6, 6.07) is 35.9. The third-order valence-corrected chi connectivity index (χ3v) is 11.9. The van der Waals surface area contributed by atoms with Crippen molar-refractivity contribution in [3.05, 3.63) is 178 Å². The molecule has 0 spiro atoms. The van der Waals surface area contributed by atoms with E-state index in [1.807, 2.05) is 0 Å². The monoisotopic (exact) mass is 674 g/mol. The molecule has 5 aromatic rings. The smallest absolute Gasteiger partial charge is 0.0576 e. The molecular formula is C50H46N2. The number of benzene rings is 4. The minimum Gasteiger partial charge on any atom is -0.314 e. The Kier molecular flexibility index (Phi) is 8.02. The first-order valence-electron chi connectivity index (χ1n) is 19.0. The maximum Gasteiger partial charge on any atom is 0.0576 e. The lowest BCUT2D eigenvalue weighted by Gasteiger charge is -2.35. The SMILES string of the molecule is CC1=Cc2c(n(-c3ccc(N(C4=CC=CCC4)c4ccccc4)cc3)c3cc4c(cc23)=C(C(C)(C)c2ccccc2)C=CC=C=4)C2=CCC[C@@H](C)[C@H]12. The lowest BCUT2D eigenvalue weighted by atomic mass is 9.71. The van der Waals surface area contributed by atoms with Gasteiger partial charge in [0.05, 0.1) is 11.2 Å². The first-order chi connectivity index (χ1) is 25.4. The molecule has 1 aromatic heterocycles. The highest BCUT2D eigenvalue weighted by atomic mass is 15.1. The van der Waals surface area contributed by atoms with E-state index in [0.29, 0.717) is 11.8 Å². The minimum absolute atomic E-state index is 0.190. The molecule has 0 unspecified atom stereocenters. The van der Waals surface area contributed by atoms with Crippen molar-refractivity contribution in [3.8, 4) is 5.69 Å². The first kappa shape index (κ1) is 32.4. The van der Waals surface area contributed by atoms with E-state index in [1.165, 1.54) is 78.8 Å². The first-order valence-corrected chi connectivity index (χ1v) is 19.0. The Balaban J connectivity index is 1.29. The lowest BCUT2D eigenvalue weighted by Crippen LogP contribution is -2.32. The van der Waals surface area contributed by atoms with Crippen molar-refractivity contribution in [2.75, 3.05) is 4.90 Å². The number of allylic oxidation sites excluding steroid dienone is 10. The molecule has 0 saturated heterocycles. The van der Waals surface area contributed by atoms with Gasteiger partial charge in [0.25, 0.3) is 0 Å². The van der Waals surface area contributed by atoms with E-state index >= 15 is 0 Å². The van der Waals surface area contributed by atoms with Crippen molar-refractivity contribution in [3.63, 3.8) is 0 Å². The van der Waals surface area contributed by atoms with Crippen molar-refractivity contribution in [1.82, 2.24) is 4.57 Å². The normalized spacial score (nSPS) is 19.2. The zero-order valence-electron chi connectivity index (χ0n) is 30.7. The van der Waals surface area contributed by atoms with Crippen molar-refractivity contribution in [2.45, 2.75) is 58.8 Å². The number of hydrogen-bond acceptors (Lipinski definition) is 1. The Morgan fingerprint density at radius 2 is 1.60 bits per heavy atom. The van der Waals surface area contributed by atoms with Crippen LogP contribution in [0.15, 0.2) is 151 Å². The topological polar surface area (TPSA) is 8.17 Å². The van der Waals surface area contributed by atoms with Gasteiger partial charge in [-0.25, -0.2) is 0 Å². The number of hydrogen-bond donors (Lipinski definition) is 0. The maximum atomic E-state index is 3.69. The quantitative estimate of drug-likeness (QED) is 0.174. The summed E-state index contributed by atoms with van der Waals surface area (Å²) in [6.45, 7) is 9.50. The summed E-state index contributed by atoms with van der Waals surface area (Å²) >= 11 is 0. The van der Waals surface area contributed by atoms with Crippen LogP contribution < -0.4 is 15.3 Å². The molecule has 0 radical (unpaired) electrons. The van der Waals surface area contributed by atoms with Crippen LogP contribution in [0.2, 0.25) is 0 Å². The summed E-state index contributed by atoms with van der Waals surface area (Å²) < 4.78 is 2.56.